The molecule has 35 heavy (non-hydrogen) atoms. The number of hydrogen-bond donors (Lipinski definition) is 0. The van der Waals surface area contributed by atoms with Crippen molar-refractivity contribution in [2.45, 2.75) is 48.7 Å². The molecule has 3 aliphatic heterocycles. The van der Waals surface area contributed by atoms with Crippen LogP contribution in [-0.2, 0) is 31.8 Å². The van der Waals surface area contributed by atoms with Crippen LogP contribution in [0.15, 0.2) is 54.6 Å². The summed E-state index contributed by atoms with van der Waals surface area (Å²) >= 11 is 0. The van der Waals surface area contributed by atoms with Crippen LogP contribution in [-0.4, -0.2) is 49.6 Å². The summed E-state index contributed by atoms with van der Waals surface area (Å²) in [7, 11) is 0.885. The smallest absolute Gasteiger partial charge is 0.432 e. The van der Waals surface area contributed by atoms with Crippen LogP contribution < -0.4 is 9.47 Å². The van der Waals surface area contributed by atoms with Gasteiger partial charge in [-0.1, -0.05) is 42.5 Å². The second-order valence-corrected chi connectivity index (χ2v) is 9.36. The van der Waals surface area contributed by atoms with Crippen molar-refractivity contribution in [3.63, 3.8) is 0 Å². The van der Waals surface area contributed by atoms with Gasteiger partial charge in [-0.05, 0) is 36.1 Å². The van der Waals surface area contributed by atoms with E-state index in [1.165, 1.54) is 24.3 Å². The Hall–Kier alpha value is -3.04. The average molecular weight is 487 g/mol. The molecule has 0 saturated carbocycles. The fourth-order valence-corrected chi connectivity index (χ4v) is 6.27. The number of hydrogen-bond acceptors (Lipinski definition) is 6. The van der Waals surface area contributed by atoms with Gasteiger partial charge in [0.2, 0.25) is 6.79 Å². The lowest BCUT2D eigenvalue weighted by Crippen LogP contribution is -2.55. The van der Waals surface area contributed by atoms with Gasteiger partial charge in [-0.3, -0.25) is 4.90 Å². The number of allylic oxidation sites excluding steroid dienone is 1. The number of carbonyl (C=O) groups excluding carboxylic acids is 1. The topological polar surface area (TPSA) is 57.2 Å². The summed E-state index contributed by atoms with van der Waals surface area (Å²) in [6.45, 7) is 1.02. The quantitative estimate of drug-likeness (QED) is 0.476. The van der Waals surface area contributed by atoms with Gasteiger partial charge < -0.3 is 18.9 Å². The molecular formula is C26H24F3NO5. The number of halogens is 3. The van der Waals surface area contributed by atoms with Crippen LogP contribution in [0.25, 0.3) is 0 Å². The Morgan fingerprint density at radius 1 is 1.14 bits per heavy atom. The van der Waals surface area contributed by atoms with E-state index < -0.39 is 29.3 Å². The van der Waals surface area contributed by atoms with Gasteiger partial charge in [0.05, 0.1) is 5.41 Å². The largest absolute Gasteiger partial charge is 0.457 e. The Bertz CT molecular complexity index is 1200. The van der Waals surface area contributed by atoms with Crippen LogP contribution in [0.1, 0.15) is 29.5 Å². The van der Waals surface area contributed by atoms with Gasteiger partial charge in [0.15, 0.2) is 11.5 Å². The zero-order valence-electron chi connectivity index (χ0n) is 19.0. The van der Waals surface area contributed by atoms with E-state index >= 15 is 0 Å². The van der Waals surface area contributed by atoms with Gasteiger partial charge in [0.25, 0.3) is 5.60 Å². The van der Waals surface area contributed by atoms with E-state index in [0.717, 1.165) is 31.1 Å². The Morgan fingerprint density at radius 3 is 2.60 bits per heavy atom. The molecule has 9 heteroatoms. The third-order valence-corrected chi connectivity index (χ3v) is 7.79. The summed E-state index contributed by atoms with van der Waals surface area (Å²) in [4.78, 5) is 15.7. The number of carbonyl (C=O) groups is 1. The summed E-state index contributed by atoms with van der Waals surface area (Å²) in [6.07, 6.45) is -0.185. The SMILES string of the molecule is CO[C@@](C(=O)O[C@H]1CN2Cc3cc4c(cc3[C@@]13C=CCC[C@@H]23)OCO4)(c1ccccc1)C(F)(F)F. The molecule has 0 N–H and O–H groups in total. The number of esters is 1. The number of methoxy groups -OCH3 is 1. The molecule has 6 nitrogen and oxygen atoms in total. The second-order valence-electron chi connectivity index (χ2n) is 9.36. The molecule has 1 unspecified atom stereocenters. The summed E-state index contributed by atoms with van der Waals surface area (Å²) in [5.74, 6) is -0.231. The molecule has 2 bridgehead atoms. The number of nitrogens with zero attached hydrogens (tertiary/aromatic N) is 1. The summed E-state index contributed by atoms with van der Waals surface area (Å²) in [5, 5.41) is 0. The van der Waals surface area contributed by atoms with E-state index in [-0.39, 0.29) is 18.4 Å². The first-order chi connectivity index (χ1) is 16.8. The predicted octanol–water partition coefficient (Wildman–Crippen LogP) is 4.22. The normalized spacial score (nSPS) is 29.8. The molecule has 2 aromatic carbocycles. The van der Waals surface area contributed by atoms with Crippen molar-refractivity contribution in [1.29, 1.82) is 0 Å². The van der Waals surface area contributed by atoms with Crippen molar-refractivity contribution in [3.8, 4) is 11.5 Å². The molecule has 1 aliphatic carbocycles. The van der Waals surface area contributed by atoms with E-state index in [1.54, 1.807) is 6.07 Å². The molecule has 0 spiro atoms. The standard InChI is InChI=1S/C26H24F3NO5/c1-32-25(26(27,28)29,17-7-3-2-4-8-17)23(31)35-22-14-30-13-16-11-19-20(34-15-33-19)12-18(16)24(22)10-6-5-9-21(24)30/h2-4,6-8,10-12,21-22H,5,9,13-15H2,1H3/t21-,22+,24-,25-/m1/s1. The van der Waals surface area contributed by atoms with E-state index in [1.807, 2.05) is 24.3 Å². The molecule has 5 atom stereocenters. The van der Waals surface area contributed by atoms with E-state index in [4.69, 9.17) is 18.9 Å². The maximum absolute atomic E-state index is 14.5. The van der Waals surface area contributed by atoms with Crippen molar-refractivity contribution in [1.82, 2.24) is 4.90 Å². The fraction of sp³-hybridized carbons (Fsp3) is 0.423. The highest BCUT2D eigenvalue weighted by Crippen LogP contribution is 2.55. The number of alkyl halides is 3. The Kier molecular flexibility index (Phi) is 4.95. The van der Waals surface area contributed by atoms with Gasteiger partial charge in [0, 0.05) is 31.8 Å². The first-order valence-electron chi connectivity index (χ1n) is 11.5. The maximum Gasteiger partial charge on any atom is 0.432 e. The molecule has 0 amide bonds. The van der Waals surface area contributed by atoms with Crippen LogP contribution >= 0.6 is 0 Å². The predicted molar refractivity (Wildman–Crippen MR) is 118 cm³/mol. The van der Waals surface area contributed by atoms with Crippen LogP contribution in [0.5, 0.6) is 11.5 Å². The summed E-state index contributed by atoms with van der Waals surface area (Å²) < 4.78 is 65.4. The molecule has 1 saturated heterocycles. The Labute approximate surface area is 200 Å². The molecule has 6 rings (SSSR count). The Morgan fingerprint density at radius 2 is 1.89 bits per heavy atom. The molecule has 4 aliphatic rings. The first kappa shape index (κ1) is 22.4. The highest BCUT2D eigenvalue weighted by molar-refractivity contribution is 5.83. The molecule has 0 aromatic heterocycles. The van der Waals surface area contributed by atoms with Crippen molar-refractivity contribution >= 4 is 5.97 Å². The van der Waals surface area contributed by atoms with Crippen molar-refractivity contribution in [2.24, 2.45) is 0 Å². The lowest BCUT2D eigenvalue weighted by atomic mass is 9.65. The van der Waals surface area contributed by atoms with Crippen LogP contribution in [0.4, 0.5) is 13.2 Å². The molecule has 3 heterocycles. The van der Waals surface area contributed by atoms with E-state index in [9.17, 15) is 18.0 Å². The van der Waals surface area contributed by atoms with Gasteiger partial charge in [0.1, 0.15) is 6.10 Å². The van der Waals surface area contributed by atoms with Gasteiger partial charge in [-0.2, -0.15) is 13.2 Å². The molecule has 184 valence electrons. The summed E-state index contributed by atoms with van der Waals surface area (Å²) in [6, 6.07) is 10.7. The maximum atomic E-state index is 14.5. The third-order valence-electron chi connectivity index (χ3n) is 7.79. The minimum atomic E-state index is -5.03. The van der Waals surface area contributed by atoms with Crippen molar-refractivity contribution in [3.05, 3.63) is 71.3 Å². The highest BCUT2D eigenvalue weighted by Gasteiger charge is 2.66. The zero-order chi connectivity index (χ0) is 24.4. The lowest BCUT2D eigenvalue weighted by molar-refractivity contribution is -0.278. The molecule has 1 fully saturated rings. The highest BCUT2D eigenvalue weighted by atomic mass is 19.4. The van der Waals surface area contributed by atoms with Gasteiger partial charge in [-0.25, -0.2) is 4.79 Å². The minimum absolute atomic E-state index is 0.00210. The molecule has 0 radical (unpaired) electrons. The third kappa shape index (κ3) is 3.00. The second kappa shape index (κ2) is 7.73. The zero-order valence-corrected chi connectivity index (χ0v) is 19.0. The summed E-state index contributed by atoms with van der Waals surface area (Å²) in [5.41, 5.74) is -2.44. The van der Waals surface area contributed by atoms with E-state index in [0.29, 0.717) is 24.6 Å². The number of benzene rings is 2. The van der Waals surface area contributed by atoms with Crippen LogP contribution in [0.2, 0.25) is 0 Å². The monoisotopic (exact) mass is 487 g/mol. The van der Waals surface area contributed by atoms with Crippen molar-refractivity contribution in [2.75, 3.05) is 20.4 Å². The molecular weight excluding hydrogens is 463 g/mol. The van der Waals surface area contributed by atoms with Gasteiger partial charge >= 0.3 is 12.1 Å². The fourth-order valence-electron chi connectivity index (χ4n) is 6.27. The number of rotatable bonds is 4. The number of fused-ring (bicyclic) bond motifs is 2. The Balaban J connectivity index is 1.44. The average Bonchev–Trinajstić information content (AvgIpc) is 3.39. The first-order valence-corrected chi connectivity index (χ1v) is 11.5. The van der Waals surface area contributed by atoms with Crippen LogP contribution in [0, 0.1) is 0 Å². The number of ether oxygens (including phenoxy) is 4. The van der Waals surface area contributed by atoms with Crippen LogP contribution in [0.3, 0.4) is 0 Å². The van der Waals surface area contributed by atoms with Crippen molar-refractivity contribution < 1.29 is 36.9 Å². The molecule has 2 aromatic rings. The minimum Gasteiger partial charge on any atom is -0.457 e. The van der Waals surface area contributed by atoms with Gasteiger partial charge in [-0.15, -0.1) is 0 Å². The van der Waals surface area contributed by atoms with E-state index in [2.05, 4.69) is 4.90 Å². The lowest BCUT2D eigenvalue weighted by Gasteiger charge is -2.45.